The Balaban J connectivity index is 1.78. The Morgan fingerprint density at radius 2 is 2.07 bits per heavy atom. The average Bonchev–Trinajstić information content (AvgIpc) is 3.40. The van der Waals surface area contributed by atoms with Crippen LogP contribution in [0.5, 0.6) is 0 Å². The van der Waals surface area contributed by atoms with E-state index in [0.717, 1.165) is 12.8 Å². The summed E-state index contributed by atoms with van der Waals surface area (Å²) in [6.45, 7) is 0.755. The van der Waals surface area contributed by atoms with E-state index in [-0.39, 0.29) is 29.5 Å². The Morgan fingerprint density at radius 1 is 1.26 bits per heavy atom. The second-order valence-corrected chi connectivity index (χ2v) is 6.59. The summed E-state index contributed by atoms with van der Waals surface area (Å²) in [5.41, 5.74) is -0.0409. The maximum absolute atomic E-state index is 14.6. The molecule has 6 nitrogen and oxygen atoms in total. The van der Waals surface area contributed by atoms with Gasteiger partial charge in [0.2, 0.25) is 5.78 Å². The molecule has 0 saturated carbocycles. The molecule has 1 aromatic heterocycles. The number of nitrogens with zero attached hydrogens (tertiary/aromatic N) is 1. The van der Waals surface area contributed by atoms with Crippen molar-refractivity contribution in [2.75, 3.05) is 13.2 Å². The molecule has 1 amide bonds. The van der Waals surface area contributed by atoms with Crippen LogP contribution in [-0.2, 0) is 9.53 Å². The van der Waals surface area contributed by atoms with Gasteiger partial charge in [0, 0.05) is 18.7 Å². The first-order chi connectivity index (χ1) is 13.1. The van der Waals surface area contributed by atoms with Crippen molar-refractivity contribution in [2.24, 2.45) is 0 Å². The number of hydrogen-bond donors (Lipinski definition) is 1. The molecule has 2 aliphatic heterocycles. The molecular weight excluding hydrogens is 353 g/mol. The summed E-state index contributed by atoms with van der Waals surface area (Å²) >= 11 is 0. The van der Waals surface area contributed by atoms with Gasteiger partial charge in [0.05, 0.1) is 24.0 Å². The molecule has 0 radical (unpaired) electrons. The van der Waals surface area contributed by atoms with E-state index in [1.165, 1.54) is 41.5 Å². The van der Waals surface area contributed by atoms with E-state index < -0.39 is 29.3 Å². The maximum Gasteiger partial charge on any atom is 0.290 e. The minimum absolute atomic E-state index is 0.0235. The number of amides is 1. The predicted molar refractivity (Wildman–Crippen MR) is 92.5 cm³/mol. The number of rotatable bonds is 5. The number of furan rings is 1. The molecule has 1 fully saturated rings. The number of aliphatic hydroxyl groups is 1. The van der Waals surface area contributed by atoms with Gasteiger partial charge < -0.3 is 19.2 Å². The lowest BCUT2D eigenvalue weighted by Gasteiger charge is -2.28. The van der Waals surface area contributed by atoms with Crippen LogP contribution in [0.3, 0.4) is 0 Å². The van der Waals surface area contributed by atoms with Gasteiger partial charge in [-0.25, -0.2) is 4.39 Å². The van der Waals surface area contributed by atoms with Gasteiger partial charge >= 0.3 is 0 Å². The Kier molecular flexibility index (Phi) is 4.53. The first-order valence-electron chi connectivity index (χ1n) is 8.76. The number of hydrogen-bond acceptors (Lipinski definition) is 5. The molecule has 1 saturated heterocycles. The number of Topliss-reactive ketones (excluding diaryl/α,β-unsaturated/α-hetero) is 1. The molecule has 4 rings (SSSR count). The quantitative estimate of drug-likeness (QED) is 0.817. The van der Waals surface area contributed by atoms with E-state index in [9.17, 15) is 19.1 Å². The fourth-order valence-electron chi connectivity index (χ4n) is 3.64. The van der Waals surface area contributed by atoms with Crippen LogP contribution in [0.4, 0.5) is 4.39 Å². The number of carbonyl (C=O) groups is 2. The third kappa shape index (κ3) is 3.04. The van der Waals surface area contributed by atoms with E-state index in [1.54, 1.807) is 6.07 Å². The highest BCUT2D eigenvalue weighted by Gasteiger charge is 2.46. The second-order valence-electron chi connectivity index (χ2n) is 6.59. The fraction of sp³-hybridized carbons (Fsp3) is 0.300. The van der Waals surface area contributed by atoms with Crippen LogP contribution in [0, 0.1) is 5.82 Å². The van der Waals surface area contributed by atoms with Crippen molar-refractivity contribution in [1.82, 2.24) is 4.90 Å². The number of carbonyl (C=O) groups excluding carboxylic acids is 2. The van der Waals surface area contributed by atoms with Crippen molar-refractivity contribution >= 4 is 11.7 Å². The molecule has 1 aromatic carbocycles. The van der Waals surface area contributed by atoms with Crippen molar-refractivity contribution in [1.29, 1.82) is 0 Å². The average molecular weight is 371 g/mol. The van der Waals surface area contributed by atoms with Crippen molar-refractivity contribution in [3.8, 4) is 0 Å². The zero-order valence-electron chi connectivity index (χ0n) is 14.4. The zero-order valence-corrected chi connectivity index (χ0v) is 14.4. The molecule has 1 N–H and O–H groups in total. The van der Waals surface area contributed by atoms with Gasteiger partial charge in [0.25, 0.3) is 5.91 Å². The Bertz CT molecular complexity index is 899. The van der Waals surface area contributed by atoms with Crippen LogP contribution in [0.25, 0.3) is 0 Å². The Morgan fingerprint density at radius 3 is 2.74 bits per heavy atom. The van der Waals surface area contributed by atoms with Gasteiger partial charge in [-0.1, -0.05) is 18.2 Å². The van der Waals surface area contributed by atoms with E-state index in [1.807, 2.05) is 0 Å². The lowest BCUT2D eigenvalue weighted by atomic mass is 9.94. The van der Waals surface area contributed by atoms with Gasteiger partial charge in [-0.15, -0.1) is 0 Å². The lowest BCUT2D eigenvalue weighted by Crippen LogP contribution is -2.37. The maximum atomic E-state index is 14.6. The highest BCUT2D eigenvalue weighted by molar-refractivity contribution is 6.15. The van der Waals surface area contributed by atoms with Crippen molar-refractivity contribution in [3.05, 3.63) is 71.1 Å². The first kappa shape index (κ1) is 17.5. The zero-order chi connectivity index (χ0) is 19.0. The molecule has 2 aliphatic rings. The molecule has 2 atom stereocenters. The largest absolute Gasteiger partial charge is 0.503 e. The summed E-state index contributed by atoms with van der Waals surface area (Å²) < 4.78 is 25.3. The van der Waals surface area contributed by atoms with Crippen molar-refractivity contribution in [2.45, 2.75) is 25.0 Å². The fourth-order valence-corrected chi connectivity index (χ4v) is 3.64. The van der Waals surface area contributed by atoms with Gasteiger partial charge in [-0.2, -0.15) is 0 Å². The van der Waals surface area contributed by atoms with E-state index >= 15 is 0 Å². The number of halogens is 1. The summed E-state index contributed by atoms with van der Waals surface area (Å²) in [7, 11) is 0. The first-order valence-corrected chi connectivity index (χ1v) is 8.76. The molecule has 140 valence electrons. The van der Waals surface area contributed by atoms with Gasteiger partial charge in [0.1, 0.15) is 5.82 Å². The number of ketones is 1. The molecule has 0 spiro atoms. The van der Waals surface area contributed by atoms with Crippen LogP contribution >= 0.6 is 0 Å². The lowest BCUT2D eigenvalue weighted by molar-refractivity contribution is -0.131. The molecule has 2 aromatic rings. The number of benzene rings is 1. The molecular formula is C20H18FNO5. The Labute approximate surface area is 154 Å². The van der Waals surface area contributed by atoms with Crippen molar-refractivity contribution in [3.63, 3.8) is 0 Å². The summed E-state index contributed by atoms with van der Waals surface area (Å²) in [5.74, 6) is -2.62. The highest BCUT2D eigenvalue weighted by atomic mass is 19.1. The Hall–Kier alpha value is -2.93. The molecule has 0 bridgehead atoms. The van der Waals surface area contributed by atoms with Crippen LogP contribution in [0.1, 0.15) is 35.0 Å². The van der Waals surface area contributed by atoms with Crippen molar-refractivity contribution < 1.29 is 28.2 Å². The number of ether oxygens (including phenoxy) is 1. The molecule has 0 unspecified atom stereocenters. The van der Waals surface area contributed by atoms with Crippen LogP contribution in [-0.4, -0.2) is 41.0 Å². The summed E-state index contributed by atoms with van der Waals surface area (Å²) in [6.07, 6.45) is 2.74. The third-order valence-corrected chi connectivity index (χ3v) is 4.92. The summed E-state index contributed by atoms with van der Waals surface area (Å²) in [6, 6.07) is 7.84. The second kappa shape index (κ2) is 7.00. The monoisotopic (exact) mass is 371 g/mol. The predicted octanol–water partition coefficient (Wildman–Crippen LogP) is 3.18. The van der Waals surface area contributed by atoms with E-state index in [0.29, 0.717) is 6.61 Å². The third-order valence-electron chi connectivity index (χ3n) is 4.92. The van der Waals surface area contributed by atoms with Crippen LogP contribution < -0.4 is 0 Å². The minimum Gasteiger partial charge on any atom is -0.503 e. The summed E-state index contributed by atoms with van der Waals surface area (Å²) in [4.78, 5) is 26.9. The van der Waals surface area contributed by atoms with Gasteiger partial charge in [0.15, 0.2) is 11.5 Å². The topological polar surface area (TPSA) is 80.0 Å². The molecule has 3 heterocycles. The van der Waals surface area contributed by atoms with E-state index in [4.69, 9.17) is 9.15 Å². The smallest absolute Gasteiger partial charge is 0.290 e. The number of aliphatic hydroxyl groups excluding tert-OH is 1. The van der Waals surface area contributed by atoms with Gasteiger partial charge in [-0.3, -0.25) is 9.59 Å². The van der Waals surface area contributed by atoms with Crippen LogP contribution in [0.2, 0.25) is 0 Å². The van der Waals surface area contributed by atoms with Crippen LogP contribution in [0.15, 0.2) is 58.4 Å². The highest BCUT2D eigenvalue weighted by Crippen LogP contribution is 2.40. The molecule has 7 heteroatoms. The summed E-state index contributed by atoms with van der Waals surface area (Å²) in [5, 5.41) is 10.5. The van der Waals surface area contributed by atoms with Gasteiger partial charge in [-0.05, 0) is 31.0 Å². The minimum atomic E-state index is -1.04. The molecule has 0 aliphatic carbocycles. The SMILES string of the molecule is O=C(C1=C(O)C(=O)N(C[C@@H]2CCCO2)[C@H]1c1ccccc1F)c1ccco1. The normalized spacial score (nSPS) is 22.7. The van der Waals surface area contributed by atoms with E-state index in [2.05, 4.69) is 0 Å². The standard InChI is InChI=1S/C20H18FNO5/c21-14-7-2-1-6-13(14)17-16(18(23)15-8-4-10-27-15)19(24)20(25)22(17)11-12-5-3-9-26-12/h1-2,4,6-8,10,12,17,24H,3,5,9,11H2/t12-,17-/m0/s1. The molecule has 27 heavy (non-hydrogen) atoms.